The third-order valence-electron chi connectivity index (χ3n) is 1.22. The van der Waals surface area contributed by atoms with E-state index in [1.165, 1.54) is 0 Å². The van der Waals surface area contributed by atoms with Crippen LogP contribution in [0.5, 0.6) is 0 Å². The van der Waals surface area contributed by atoms with Crippen LogP contribution in [-0.2, 0) is 9.16 Å². The van der Waals surface area contributed by atoms with Crippen LogP contribution < -0.4 is 0 Å². The predicted octanol–water partition coefficient (Wildman–Crippen LogP) is 2.16. The van der Waals surface area contributed by atoms with Crippen LogP contribution in [0.4, 0.5) is 0 Å². The van der Waals surface area contributed by atoms with Crippen LogP contribution in [0.2, 0.25) is 19.6 Å². The minimum Gasteiger partial charge on any atom is -0.412 e. The van der Waals surface area contributed by atoms with Gasteiger partial charge in [-0.15, -0.1) is 0 Å². The number of hydrogen-bond donors (Lipinski definition) is 0. The Kier molecular flexibility index (Phi) is 5.73. The second kappa shape index (κ2) is 5.99. The molecule has 0 saturated heterocycles. The van der Waals surface area contributed by atoms with Gasteiger partial charge in [-0.05, 0) is 25.2 Å². The van der Waals surface area contributed by atoms with Crippen LogP contribution in [-0.4, -0.2) is 34.7 Å². The van der Waals surface area contributed by atoms with Gasteiger partial charge in [0.05, 0.1) is 19.3 Å². The molecule has 0 aliphatic heterocycles. The van der Waals surface area contributed by atoms with Gasteiger partial charge in [-0.1, -0.05) is 5.11 Å². The molecular formula is C7H17N3O2Si. The van der Waals surface area contributed by atoms with E-state index in [2.05, 4.69) is 29.7 Å². The average molecular weight is 203 g/mol. The number of methoxy groups -OCH3 is 1. The van der Waals surface area contributed by atoms with Gasteiger partial charge in [0.25, 0.3) is 0 Å². The van der Waals surface area contributed by atoms with E-state index in [1.807, 2.05) is 0 Å². The Bertz CT molecular complexity index is 187. The Hall–Kier alpha value is -0.553. The third-order valence-corrected chi connectivity index (χ3v) is 2.26. The second-order valence-electron chi connectivity index (χ2n) is 3.72. The lowest BCUT2D eigenvalue weighted by Gasteiger charge is -2.24. The smallest absolute Gasteiger partial charge is 0.184 e. The minimum absolute atomic E-state index is 0.104. The number of rotatable bonds is 6. The van der Waals surface area contributed by atoms with Crippen molar-refractivity contribution >= 4 is 8.32 Å². The lowest BCUT2D eigenvalue weighted by molar-refractivity contribution is 0.0816. The molecule has 6 heteroatoms. The highest BCUT2D eigenvalue weighted by Crippen LogP contribution is 2.08. The number of nitrogens with zero attached hydrogens (tertiary/aromatic N) is 3. The summed E-state index contributed by atoms with van der Waals surface area (Å²) in [7, 11) is 0.0370. The molecular weight excluding hydrogens is 186 g/mol. The molecule has 0 rings (SSSR count). The molecule has 0 radical (unpaired) electrons. The molecule has 0 saturated carbocycles. The summed E-state index contributed by atoms with van der Waals surface area (Å²) in [5.41, 5.74) is 8.15. The summed E-state index contributed by atoms with van der Waals surface area (Å²) < 4.78 is 10.7. The van der Waals surface area contributed by atoms with Crippen molar-refractivity contribution in [3.8, 4) is 0 Å². The van der Waals surface area contributed by atoms with Crippen LogP contribution in [0.15, 0.2) is 5.11 Å². The van der Waals surface area contributed by atoms with Crippen molar-refractivity contribution in [2.75, 3.05) is 20.3 Å². The zero-order valence-corrected chi connectivity index (χ0v) is 9.65. The van der Waals surface area contributed by atoms with E-state index in [9.17, 15) is 0 Å². The largest absolute Gasteiger partial charge is 0.412 e. The van der Waals surface area contributed by atoms with Crippen molar-refractivity contribution in [2.24, 2.45) is 5.11 Å². The molecule has 0 aromatic heterocycles. The zero-order valence-electron chi connectivity index (χ0n) is 8.65. The van der Waals surface area contributed by atoms with Crippen molar-refractivity contribution in [1.82, 2.24) is 0 Å². The van der Waals surface area contributed by atoms with Crippen LogP contribution in [0.3, 0.4) is 0 Å². The van der Waals surface area contributed by atoms with Gasteiger partial charge in [-0.2, -0.15) is 0 Å². The molecule has 0 heterocycles. The lowest BCUT2D eigenvalue weighted by atomic mass is 10.4. The monoisotopic (exact) mass is 203 g/mol. The minimum atomic E-state index is -1.57. The molecule has 0 amide bonds. The first kappa shape index (κ1) is 12.4. The molecule has 0 aromatic carbocycles. The summed E-state index contributed by atoms with van der Waals surface area (Å²) >= 11 is 0. The first-order valence-corrected chi connectivity index (χ1v) is 7.58. The normalized spacial score (nSPS) is 13.5. The van der Waals surface area contributed by atoms with Crippen molar-refractivity contribution in [3.63, 3.8) is 0 Å². The van der Waals surface area contributed by atoms with E-state index in [4.69, 9.17) is 14.7 Å². The van der Waals surface area contributed by atoms with Crippen LogP contribution in [0, 0.1) is 0 Å². The van der Waals surface area contributed by atoms with E-state index in [-0.39, 0.29) is 6.10 Å². The quantitative estimate of drug-likeness (QED) is 0.287. The summed E-state index contributed by atoms with van der Waals surface area (Å²) in [4.78, 5) is 2.69. The Balaban J connectivity index is 4.00. The van der Waals surface area contributed by atoms with Crippen LogP contribution >= 0.6 is 0 Å². The van der Waals surface area contributed by atoms with E-state index in [0.717, 1.165) is 0 Å². The highest BCUT2D eigenvalue weighted by atomic mass is 28.4. The first-order valence-electron chi connectivity index (χ1n) is 4.17. The van der Waals surface area contributed by atoms with Crippen LogP contribution in [0.1, 0.15) is 0 Å². The highest BCUT2D eigenvalue weighted by molar-refractivity contribution is 6.69. The Morgan fingerprint density at radius 1 is 1.46 bits per heavy atom. The molecule has 0 aromatic rings. The van der Waals surface area contributed by atoms with Gasteiger partial charge in [0.1, 0.15) is 0 Å². The summed E-state index contributed by atoms with van der Waals surface area (Å²) in [5, 5.41) is 3.47. The van der Waals surface area contributed by atoms with Gasteiger partial charge in [0.2, 0.25) is 0 Å². The summed E-state index contributed by atoms with van der Waals surface area (Å²) in [6, 6.07) is 0. The Morgan fingerprint density at radius 2 is 2.08 bits per heavy atom. The zero-order chi connectivity index (χ0) is 10.3. The van der Waals surface area contributed by atoms with E-state index < -0.39 is 8.32 Å². The fourth-order valence-corrected chi connectivity index (χ4v) is 2.08. The maximum Gasteiger partial charge on any atom is 0.184 e. The Morgan fingerprint density at radius 3 is 2.46 bits per heavy atom. The van der Waals surface area contributed by atoms with Crippen molar-refractivity contribution in [3.05, 3.63) is 10.4 Å². The molecule has 0 N–H and O–H groups in total. The molecule has 0 bridgehead atoms. The highest BCUT2D eigenvalue weighted by Gasteiger charge is 2.20. The maximum absolute atomic E-state index is 8.15. The number of hydrogen-bond acceptors (Lipinski definition) is 3. The lowest BCUT2D eigenvalue weighted by Crippen LogP contribution is -2.36. The third kappa shape index (κ3) is 7.80. The van der Waals surface area contributed by atoms with Crippen molar-refractivity contribution < 1.29 is 9.16 Å². The number of azide groups is 1. The van der Waals surface area contributed by atoms with Crippen molar-refractivity contribution in [2.45, 2.75) is 25.7 Å². The topological polar surface area (TPSA) is 67.2 Å². The second-order valence-corrected chi connectivity index (χ2v) is 8.18. The van der Waals surface area contributed by atoms with E-state index in [0.29, 0.717) is 13.2 Å². The maximum atomic E-state index is 8.15. The molecule has 0 fully saturated rings. The standard InChI is InChI=1S/C7H17N3O2Si/c1-11-6-7(5-9-10-8)12-13(2,3)4/h7H,5-6H2,1-4H3. The molecule has 0 aliphatic rings. The summed E-state index contributed by atoms with van der Waals surface area (Å²) in [6.45, 7) is 7.08. The van der Waals surface area contributed by atoms with Crippen LogP contribution in [0.25, 0.3) is 10.4 Å². The van der Waals surface area contributed by atoms with Crippen molar-refractivity contribution in [1.29, 1.82) is 0 Å². The van der Waals surface area contributed by atoms with Gasteiger partial charge in [-0.25, -0.2) is 0 Å². The van der Waals surface area contributed by atoms with Gasteiger partial charge in [0, 0.05) is 12.0 Å². The number of ether oxygens (including phenoxy) is 1. The fourth-order valence-electron chi connectivity index (χ4n) is 0.937. The molecule has 76 valence electrons. The molecule has 5 nitrogen and oxygen atoms in total. The van der Waals surface area contributed by atoms with Gasteiger partial charge in [0.15, 0.2) is 8.32 Å². The molecule has 1 unspecified atom stereocenters. The van der Waals surface area contributed by atoms with E-state index >= 15 is 0 Å². The fraction of sp³-hybridized carbons (Fsp3) is 1.00. The summed E-state index contributed by atoms with van der Waals surface area (Å²) in [5.74, 6) is 0. The molecule has 0 aliphatic carbocycles. The van der Waals surface area contributed by atoms with Gasteiger partial charge < -0.3 is 9.16 Å². The average Bonchev–Trinajstić information content (AvgIpc) is 1.98. The summed E-state index contributed by atoms with van der Waals surface area (Å²) in [6.07, 6.45) is -0.104. The first-order chi connectivity index (χ1) is 5.99. The SMILES string of the molecule is COCC(CN=[N+]=[N-])O[Si](C)(C)C. The predicted molar refractivity (Wildman–Crippen MR) is 54.1 cm³/mol. The van der Waals surface area contributed by atoms with Gasteiger partial charge >= 0.3 is 0 Å². The molecule has 1 atom stereocenters. The van der Waals surface area contributed by atoms with Gasteiger partial charge in [-0.3, -0.25) is 0 Å². The Labute approximate surface area is 79.8 Å². The van der Waals surface area contributed by atoms with E-state index in [1.54, 1.807) is 7.11 Å². The molecule has 0 spiro atoms. The molecule has 13 heavy (non-hydrogen) atoms.